The van der Waals surface area contributed by atoms with E-state index < -0.39 is 0 Å². The lowest BCUT2D eigenvalue weighted by atomic mass is 10.1. The maximum atomic E-state index is 11.6. The second kappa shape index (κ2) is 5.72. The molecule has 0 aliphatic carbocycles. The standard InChI is InChI=1S/C12H20N4O/c1-9(10-7-13-5-6-14-10)15-8-11(17)16-12(2,3)4/h5-7,9,15H,8H2,1-4H3,(H,16,17). The van der Waals surface area contributed by atoms with Crippen LogP contribution in [0.5, 0.6) is 0 Å². The number of amides is 1. The highest BCUT2D eigenvalue weighted by atomic mass is 16.2. The van der Waals surface area contributed by atoms with Crippen molar-refractivity contribution in [2.75, 3.05) is 6.54 Å². The lowest BCUT2D eigenvalue weighted by molar-refractivity contribution is -0.121. The summed E-state index contributed by atoms with van der Waals surface area (Å²) in [7, 11) is 0. The third-order valence-corrected chi connectivity index (χ3v) is 2.11. The highest BCUT2D eigenvalue weighted by Crippen LogP contribution is 2.05. The number of nitrogens with one attached hydrogen (secondary N) is 2. The summed E-state index contributed by atoms with van der Waals surface area (Å²) in [6.07, 6.45) is 4.96. The molecule has 0 saturated heterocycles. The zero-order valence-corrected chi connectivity index (χ0v) is 10.8. The third-order valence-electron chi connectivity index (χ3n) is 2.11. The van der Waals surface area contributed by atoms with Crippen LogP contribution in [0, 0.1) is 0 Å². The fourth-order valence-corrected chi connectivity index (χ4v) is 1.35. The quantitative estimate of drug-likeness (QED) is 0.819. The molecule has 1 unspecified atom stereocenters. The van der Waals surface area contributed by atoms with Crippen molar-refractivity contribution in [3.05, 3.63) is 24.3 Å². The molecule has 1 amide bonds. The van der Waals surface area contributed by atoms with Crippen molar-refractivity contribution in [1.82, 2.24) is 20.6 Å². The smallest absolute Gasteiger partial charge is 0.234 e. The van der Waals surface area contributed by atoms with Gasteiger partial charge in [0.05, 0.1) is 12.2 Å². The van der Waals surface area contributed by atoms with E-state index in [0.29, 0.717) is 0 Å². The fraction of sp³-hybridized carbons (Fsp3) is 0.583. The molecule has 2 N–H and O–H groups in total. The first kappa shape index (κ1) is 13.6. The van der Waals surface area contributed by atoms with Gasteiger partial charge in [-0.3, -0.25) is 14.8 Å². The zero-order valence-electron chi connectivity index (χ0n) is 10.8. The average Bonchev–Trinajstić information content (AvgIpc) is 2.25. The van der Waals surface area contributed by atoms with Crippen LogP contribution in [-0.2, 0) is 4.79 Å². The molecule has 1 aromatic heterocycles. The summed E-state index contributed by atoms with van der Waals surface area (Å²) in [6.45, 7) is 8.09. The second-order valence-electron chi connectivity index (χ2n) is 5.03. The van der Waals surface area contributed by atoms with Crippen molar-refractivity contribution in [1.29, 1.82) is 0 Å². The number of hydrogen-bond donors (Lipinski definition) is 2. The van der Waals surface area contributed by atoms with E-state index in [9.17, 15) is 4.79 Å². The highest BCUT2D eigenvalue weighted by molar-refractivity contribution is 5.78. The van der Waals surface area contributed by atoms with Crippen LogP contribution < -0.4 is 10.6 Å². The minimum Gasteiger partial charge on any atom is -0.350 e. The van der Waals surface area contributed by atoms with E-state index in [2.05, 4.69) is 20.6 Å². The summed E-state index contributed by atoms with van der Waals surface area (Å²) in [6, 6.07) is 0.00872. The molecule has 5 nitrogen and oxygen atoms in total. The second-order valence-corrected chi connectivity index (χ2v) is 5.03. The van der Waals surface area contributed by atoms with Gasteiger partial charge in [0.1, 0.15) is 0 Å². The maximum absolute atomic E-state index is 11.6. The van der Waals surface area contributed by atoms with Crippen molar-refractivity contribution in [3.8, 4) is 0 Å². The number of nitrogens with zero attached hydrogens (tertiary/aromatic N) is 2. The summed E-state index contributed by atoms with van der Waals surface area (Å²) in [5, 5.41) is 6.00. The van der Waals surface area contributed by atoms with Gasteiger partial charge in [-0.05, 0) is 27.7 Å². The van der Waals surface area contributed by atoms with Crippen LogP contribution >= 0.6 is 0 Å². The first-order valence-corrected chi connectivity index (χ1v) is 5.69. The first-order valence-electron chi connectivity index (χ1n) is 5.69. The molecule has 94 valence electrons. The third kappa shape index (κ3) is 5.40. The zero-order chi connectivity index (χ0) is 12.9. The number of rotatable bonds is 4. The lowest BCUT2D eigenvalue weighted by Gasteiger charge is -2.21. The summed E-state index contributed by atoms with van der Waals surface area (Å²) in [5.74, 6) is -0.0201. The van der Waals surface area contributed by atoms with Gasteiger partial charge in [0.25, 0.3) is 0 Å². The van der Waals surface area contributed by atoms with Crippen LogP contribution in [0.25, 0.3) is 0 Å². The minimum atomic E-state index is -0.200. The molecular formula is C12H20N4O. The molecule has 1 aromatic rings. The Bertz CT molecular complexity index is 359. The predicted molar refractivity (Wildman–Crippen MR) is 66.3 cm³/mol. The Labute approximate surface area is 102 Å². The van der Waals surface area contributed by atoms with Gasteiger partial charge >= 0.3 is 0 Å². The van der Waals surface area contributed by atoms with Crippen molar-refractivity contribution in [3.63, 3.8) is 0 Å². The number of carbonyl (C=O) groups is 1. The van der Waals surface area contributed by atoms with E-state index in [0.717, 1.165) is 5.69 Å². The number of carbonyl (C=O) groups excluding carboxylic acids is 1. The van der Waals surface area contributed by atoms with Crippen molar-refractivity contribution in [2.45, 2.75) is 39.3 Å². The molecule has 0 aromatic carbocycles. The molecule has 0 saturated carbocycles. The van der Waals surface area contributed by atoms with Crippen LogP contribution in [-0.4, -0.2) is 28.0 Å². The lowest BCUT2D eigenvalue weighted by Crippen LogP contribution is -2.45. The molecule has 0 radical (unpaired) electrons. The Morgan fingerprint density at radius 3 is 2.65 bits per heavy atom. The molecule has 0 fully saturated rings. The molecule has 0 aliphatic rings. The molecule has 5 heteroatoms. The monoisotopic (exact) mass is 236 g/mol. The van der Waals surface area contributed by atoms with Gasteiger partial charge < -0.3 is 10.6 Å². The van der Waals surface area contributed by atoms with Gasteiger partial charge in [-0.15, -0.1) is 0 Å². The normalized spacial score (nSPS) is 13.2. The molecular weight excluding hydrogens is 216 g/mol. The van der Waals surface area contributed by atoms with Crippen molar-refractivity contribution >= 4 is 5.91 Å². The fourth-order valence-electron chi connectivity index (χ4n) is 1.35. The molecule has 1 atom stereocenters. The SMILES string of the molecule is CC(NCC(=O)NC(C)(C)C)c1cnccn1. The summed E-state index contributed by atoms with van der Waals surface area (Å²) < 4.78 is 0. The Kier molecular flexibility index (Phi) is 4.57. The van der Waals surface area contributed by atoms with E-state index in [1.165, 1.54) is 0 Å². The van der Waals surface area contributed by atoms with Crippen LogP contribution in [0.15, 0.2) is 18.6 Å². The molecule has 0 bridgehead atoms. The molecule has 1 heterocycles. The van der Waals surface area contributed by atoms with E-state index in [1.54, 1.807) is 18.6 Å². The molecule has 1 rings (SSSR count). The Hall–Kier alpha value is -1.49. The number of hydrogen-bond acceptors (Lipinski definition) is 4. The summed E-state index contributed by atoms with van der Waals surface area (Å²) in [5.41, 5.74) is 0.630. The van der Waals surface area contributed by atoms with Crippen LogP contribution in [0.4, 0.5) is 0 Å². The predicted octanol–water partition coefficient (Wildman–Crippen LogP) is 1.04. The minimum absolute atomic E-state index is 0.00872. The Morgan fingerprint density at radius 1 is 1.41 bits per heavy atom. The van der Waals surface area contributed by atoms with E-state index in [4.69, 9.17) is 0 Å². The van der Waals surface area contributed by atoms with E-state index >= 15 is 0 Å². The molecule has 0 spiro atoms. The van der Waals surface area contributed by atoms with Gasteiger partial charge in [0, 0.05) is 30.2 Å². The summed E-state index contributed by atoms with van der Waals surface area (Å²) in [4.78, 5) is 19.7. The van der Waals surface area contributed by atoms with Gasteiger partial charge in [-0.25, -0.2) is 0 Å². The van der Waals surface area contributed by atoms with Crippen molar-refractivity contribution < 1.29 is 4.79 Å². The van der Waals surface area contributed by atoms with Gasteiger partial charge in [0.2, 0.25) is 5.91 Å². The highest BCUT2D eigenvalue weighted by Gasteiger charge is 2.14. The van der Waals surface area contributed by atoms with Crippen LogP contribution in [0.3, 0.4) is 0 Å². The van der Waals surface area contributed by atoms with Crippen molar-refractivity contribution in [2.24, 2.45) is 0 Å². The largest absolute Gasteiger partial charge is 0.350 e. The first-order chi connectivity index (χ1) is 7.88. The topological polar surface area (TPSA) is 66.9 Å². The molecule has 0 aliphatic heterocycles. The average molecular weight is 236 g/mol. The van der Waals surface area contributed by atoms with Gasteiger partial charge in [-0.1, -0.05) is 0 Å². The number of aromatic nitrogens is 2. The molecule has 17 heavy (non-hydrogen) atoms. The van der Waals surface area contributed by atoms with E-state index in [1.807, 2.05) is 27.7 Å². The Balaban J connectivity index is 2.39. The maximum Gasteiger partial charge on any atom is 0.234 e. The van der Waals surface area contributed by atoms with Crippen LogP contribution in [0.2, 0.25) is 0 Å². The Morgan fingerprint density at radius 2 is 2.12 bits per heavy atom. The van der Waals surface area contributed by atoms with Crippen LogP contribution in [0.1, 0.15) is 39.4 Å². The van der Waals surface area contributed by atoms with Gasteiger partial charge in [-0.2, -0.15) is 0 Å². The summed E-state index contributed by atoms with van der Waals surface area (Å²) >= 11 is 0. The van der Waals surface area contributed by atoms with E-state index in [-0.39, 0.29) is 24.0 Å². The van der Waals surface area contributed by atoms with Gasteiger partial charge in [0.15, 0.2) is 0 Å².